The molecule has 0 saturated heterocycles. The van der Waals surface area contributed by atoms with E-state index in [9.17, 15) is 9.90 Å². The molecule has 6 nitrogen and oxygen atoms in total. The predicted octanol–water partition coefficient (Wildman–Crippen LogP) is 2.53. The number of hydrogen-bond acceptors (Lipinski definition) is 5. The number of para-hydroxylation sites is 2. The molecule has 3 rings (SSSR count). The van der Waals surface area contributed by atoms with Crippen molar-refractivity contribution in [1.82, 2.24) is 15.3 Å². The fraction of sp³-hybridized carbons (Fsp3) is 0.167. The van der Waals surface area contributed by atoms with Crippen LogP contribution in [0.25, 0.3) is 11.0 Å². The molecule has 122 valence electrons. The van der Waals surface area contributed by atoms with Gasteiger partial charge in [-0.25, -0.2) is 9.97 Å². The van der Waals surface area contributed by atoms with Crippen LogP contribution in [-0.2, 0) is 0 Å². The largest absolute Gasteiger partial charge is 0.437 e. The van der Waals surface area contributed by atoms with Crippen LogP contribution in [0.4, 0.5) is 0 Å². The second-order valence-electron chi connectivity index (χ2n) is 5.39. The van der Waals surface area contributed by atoms with Crippen LogP contribution in [0.15, 0.2) is 54.7 Å². The van der Waals surface area contributed by atoms with Gasteiger partial charge in [0, 0.05) is 12.1 Å². The SMILES string of the molecule is CC(O)CNC(=O)c1cccc(Oc2cnc3ccccc3n2)c1. The minimum atomic E-state index is -0.596. The summed E-state index contributed by atoms with van der Waals surface area (Å²) in [5.41, 5.74) is 1.97. The first-order chi connectivity index (χ1) is 11.6. The summed E-state index contributed by atoms with van der Waals surface area (Å²) in [6.45, 7) is 1.80. The molecule has 1 amide bonds. The Bertz CT molecular complexity index is 865. The summed E-state index contributed by atoms with van der Waals surface area (Å²) in [5, 5.41) is 11.9. The zero-order valence-corrected chi connectivity index (χ0v) is 13.1. The van der Waals surface area contributed by atoms with Crippen molar-refractivity contribution in [2.75, 3.05) is 6.54 Å². The third-order valence-corrected chi connectivity index (χ3v) is 3.30. The maximum Gasteiger partial charge on any atom is 0.251 e. The number of carbonyl (C=O) groups is 1. The monoisotopic (exact) mass is 323 g/mol. The number of ether oxygens (including phenoxy) is 1. The van der Waals surface area contributed by atoms with Gasteiger partial charge in [0.05, 0.1) is 23.3 Å². The fourth-order valence-electron chi connectivity index (χ4n) is 2.15. The first-order valence-electron chi connectivity index (χ1n) is 7.58. The molecule has 0 saturated carbocycles. The molecule has 2 aromatic carbocycles. The third kappa shape index (κ3) is 3.85. The maximum atomic E-state index is 12.0. The van der Waals surface area contributed by atoms with Crippen molar-refractivity contribution in [3.05, 3.63) is 60.3 Å². The van der Waals surface area contributed by atoms with Gasteiger partial charge in [-0.1, -0.05) is 18.2 Å². The Balaban J connectivity index is 1.77. The quantitative estimate of drug-likeness (QED) is 0.754. The normalized spacial score (nSPS) is 11.9. The second kappa shape index (κ2) is 7.06. The van der Waals surface area contributed by atoms with Crippen molar-refractivity contribution in [2.24, 2.45) is 0 Å². The van der Waals surface area contributed by atoms with Crippen molar-refractivity contribution in [3.8, 4) is 11.6 Å². The highest BCUT2D eigenvalue weighted by Gasteiger charge is 2.09. The molecule has 1 unspecified atom stereocenters. The molecule has 3 aromatic rings. The summed E-state index contributed by atoms with van der Waals surface area (Å²) in [6, 6.07) is 14.3. The average Bonchev–Trinajstić information content (AvgIpc) is 2.60. The van der Waals surface area contributed by atoms with Gasteiger partial charge in [0.1, 0.15) is 5.75 Å². The summed E-state index contributed by atoms with van der Waals surface area (Å²) in [7, 11) is 0. The zero-order valence-electron chi connectivity index (χ0n) is 13.1. The molecule has 0 spiro atoms. The minimum Gasteiger partial charge on any atom is -0.437 e. The van der Waals surface area contributed by atoms with Crippen LogP contribution in [0.5, 0.6) is 11.6 Å². The molecule has 1 heterocycles. The van der Waals surface area contributed by atoms with Crippen LogP contribution in [0.3, 0.4) is 0 Å². The average molecular weight is 323 g/mol. The maximum absolute atomic E-state index is 12.0. The number of rotatable bonds is 5. The minimum absolute atomic E-state index is 0.195. The van der Waals surface area contributed by atoms with E-state index >= 15 is 0 Å². The van der Waals surface area contributed by atoms with Crippen molar-refractivity contribution in [3.63, 3.8) is 0 Å². The number of carbonyl (C=O) groups excluding carboxylic acids is 1. The summed E-state index contributed by atoms with van der Waals surface area (Å²) in [4.78, 5) is 20.7. The predicted molar refractivity (Wildman–Crippen MR) is 90.1 cm³/mol. The first kappa shape index (κ1) is 15.9. The highest BCUT2D eigenvalue weighted by Crippen LogP contribution is 2.21. The molecule has 0 aliphatic rings. The number of aromatic nitrogens is 2. The van der Waals surface area contributed by atoms with E-state index in [0.29, 0.717) is 17.2 Å². The molecule has 2 N–H and O–H groups in total. The molecule has 0 radical (unpaired) electrons. The molecular weight excluding hydrogens is 306 g/mol. The van der Waals surface area contributed by atoms with Gasteiger partial charge in [0.15, 0.2) is 0 Å². The molecule has 0 aliphatic carbocycles. The molecule has 1 atom stereocenters. The van der Waals surface area contributed by atoms with E-state index in [0.717, 1.165) is 11.0 Å². The van der Waals surface area contributed by atoms with E-state index in [1.165, 1.54) is 0 Å². The van der Waals surface area contributed by atoms with Gasteiger partial charge in [0.25, 0.3) is 5.91 Å². The molecule has 0 aliphatic heterocycles. The Morgan fingerprint density at radius 1 is 1.21 bits per heavy atom. The lowest BCUT2D eigenvalue weighted by Gasteiger charge is -2.09. The third-order valence-electron chi connectivity index (χ3n) is 3.30. The van der Waals surface area contributed by atoms with Crippen LogP contribution < -0.4 is 10.1 Å². The van der Waals surface area contributed by atoms with Crippen LogP contribution in [0.2, 0.25) is 0 Å². The summed E-state index contributed by atoms with van der Waals surface area (Å²) in [6.07, 6.45) is 0.948. The molecule has 0 bridgehead atoms. The lowest BCUT2D eigenvalue weighted by molar-refractivity contribution is 0.0923. The van der Waals surface area contributed by atoms with Crippen LogP contribution in [0.1, 0.15) is 17.3 Å². The second-order valence-corrected chi connectivity index (χ2v) is 5.39. The van der Waals surface area contributed by atoms with Crippen LogP contribution in [0, 0.1) is 0 Å². The number of aliphatic hydroxyl groups excluding tert-OH is 1. The standard InChI is InChI=1S/C18H17N3O3/c1-12(22)10-20-18(23)13-5-4-6-14(9-13)24-17-11-19-15-7-2-3-8-16(15)21-17/h2-9,11-12,22H,10H2,1H3,(H,20,23). The van der Waals surface area contributed by atoms with E-state index in [4.69, 9.17) is 4.74 Å². The molecule has 24 heavy (non-hydrogen) atoms. The number of fused-ring (bicyclic) bond motifs is 1. The number of hydrogen-bond donors (Lipinski definition) is 2. The van der Waals surface area contributed by atoms with Crippen LogP contribution in [-0.4, -0.2) is 33.6 Å². The number of amides is 1. The first-order valence-corrected chi connectivity index (χ1v) is 7.58. The molecule has 0 fully saturated rings. The van der Waals surface area contributed by atoms with Gasteiger partial charge in [0.2, 0.25) is 5.88 Å². The summed E-state index contributed by atoms with van der Waals surface area (Å²) < 4.78 is 5.70. The molecule has 1 aromatic heterocycles. The lowest BCUT2D eigenvalue weighted by Crippen LogP contribution is -2.30. The van der Waals surface area contributed by atoms with Crippen molar-refractivity contribution < 1.29 is 14.6 Å². The van der Waals surface area contributed by atoms with Gasteiger partial charge in [-0.05, 0) is 37.3 Å². The van der Waals surface area contributed by atoms with Crippen molar-refractivity contribution >= 4 is 16.9 Å². The van der Waals surface area contributed by atoms with Gasteiger partial charge >= 0.3 is 0 Å². The number of benzene rings is 2. The Hall–Kier alpha value is -2.99. The molecular formula is C18H17N3O3. The number of aliphatic hydroxyl groups is 1. The van der Waals surface area contributed by atoms with Gasteiger partial charge in [-0.3, -0.25) is 4.79 Å². The summed E-state index contributed by atoms with van der Waals surface area (Å²) in [5.74, 6) is 0.575. The van der Waals surface area contributed by atoms with Crippen molar-refractivity contribution in [1.29, 1.82) is 0 Å². The Kier molecular flexibility index (Phi) is 4.67. The van der Waals surface area contributed by atoms with Gasteiger partial charge in [-0.2, -0.15) is 0 Å². The Morgan fingerprint density at radius 3 is 2.79 bits per heavy atom. The van der Waals surface area contributed by atoms with E-state index in [1.54, 1.807) is 37.4 Å². The van der Waals surface area contributed by atoms with E-state index < -0.39 is 6.10 Å². The number of nitrogens with one attached hydrogen (secondary N) is 1. The smallest absolute Gasteiger partial charge is 0.251 e. The van der Waals surface area contributed by atoms with Gasteiger partial charge < -0.3 is 15.2 Å². The number of nitrogens with zero attached hydrogens (tertiary/aromatic N) is 2. The van der Waals surface area contributed by atoms with E-state index in [-0.39, 0.29) is 12.5 Å². The van der Waals surface area contributed by atoms with Crippen molar-refractivity contribution in [2.45, 2.75) is 13.0 Å². The topological polar surface area (TPSA) is 84.3 Å². The highest BCUT2D eigenvalue weighted by molar-refractivity contribution is 5.94. The fourth-order valence-corrected chi connectivity index (χ4v) is 2.15. The van der Waals surface area contributed by atoms with Crippen LogP contribution >= 0.6 is 0 Å². The molecule has 6 heteroatoms. The van der Waals surface area contributed by atoms with E-state index in [2.05, 4.69) is 15.3 Å². The lowest BCUT2D eigenvalue weighted by atomic mass is 10.2. The highest BCUT2D eigenvalue weighted by atomic mass is 16.5. The Morgan fingerprint density at radius 2 is 2.00 bits per heavy atom. The van der Waals surface area contributed by atoms with E-state index in [1.807, 2.05) is 24.3 Å². The zero-order chi connectivity index (χ0) is 16.9. The summed E-state index contributed by atoms with van der Waals surface area (Å²) >= 11 is 0. The van der Waals surface area contributed by atoms with Gasteiger partial charge in [-0.15, -0.1) is 0 Å². The Labute approximate surface area is 139 Å².